The number of hydrogen-bond acceptors (Lipinski definition) is 3. The minimum atomic E-state index is -0.696. The van der Waals surface area contributed by atoms with E-state index in [-0.39, 0.29) is 5.91 Å². The van der Waals surface area contributed by atoms with Gasteiger partial charge < -0.3 is 10.0 Å². The van der Waals surface area contributed by atoms with Crippen molar-refractivity contribution in [3.63, 3.8) is 0 Å². The molecule has 1 amide bonds. The van der Waals surface area contributed by atoms with Crippen LogP contribution >= 0.6 is 0 Å². The number of amides is 1. The van der Waals surface area contributed by atoms with E-state index in [2.05, 4.69) is 4.98 Å². The standard InChI is InChI=1S/C15H16N2O2/c1-2-15(19)9-17(10-15)14(18)12-7-8-16-13-6-4-3-5-11(12)13/h3-8,19H,2,9-10H2,1H3. The first-order valence-corrected chi connectivity index (χ1v) is 6.48. The van der Waals surface area contributed by atoms with E-state index in [4.69, 9.17) is 0 Å². The molecule has 4 heteroatoms. The van der Waals surface area contributed by atoms with E-state index < -0.39 is 5.60 Å². The lowest BCUT2D eigenvalue weighted by atomic mass is 9.90. The summed E-state index contributed by atoms with van der Waals surface area (Å²) in [5.74, 6) is -0.0308. The van der Waals surface area contributed by atoms with E-state index in [0.717, 1.165) is 10.9 Å². The molecule has 1 aliphatic heterocycles. The molecule has 19 heavy (non-hydrogen) atoms. The molecule has 0 bridgehead atoms. The molecule has 4 nitrogen and oxygen atoms in total. The van der Waals surface area contributed by atoms with Gasteiger partial charge in [0.25, 0.3) is 5.91 Å². The summed E-state index contributed by atoms with van der Waals surface area (Å²) in [6.07, 6.45) is 2.33. The van der Waals surface area contributed by atoms with E-state index in [1.807, 2.05) is 31.2 Å². The van der Waals surface area contributed by atoms with E-state index in [1.54, 1.807) is 17.2 Å². The number of carbonyl (C=O) groups is 1. The fourth-order valence-corrected chi connectivity index (χ4v) is 2.48. The number of pyridine rings is 1. The molecular formula is C15H16N2O2. The number of aromatic nitrogens is 1. The number of nitrogens with zero attached hydrogens (tertiary/aromatic N) is 2. The first-order valence-electron chi connectivity index (χ1n) is 6.48. The zero-order valence-corrected chi connectivity index (χ0v) is 10.8. The van der Waals surface area contributed by atoms with Crippen LogP contribution in [0.25, 0.3) is 10.9 Å². The Bertz CT molecular complexity index is 628. The second-order valence-electron chi connectivity index (χ2n) is 5.11. The lowest BCUT2D eigenvalue weighted by molar-refractivity contribution is -0.0825. The molecule has 0 unspecified atom stereocenters. The molecule has 1 fully saturated rings. The van der Waals surface area contributed by atoms with E-state index in [1.165, 1.54) is 0 Å². The van der Waals surface area contributed by atoms with Crippen LogP contribution in [0.1, 0.15) is 23.7 Å². The van der Waals surface area contributed by atoms with Gasteiger partial charge in [0.2, 0.25) is 0 Å². The number of fused-ring (bicyclic) bond motifs is 1. The van der Waals surface area contributed by atoms with Crippen LogP contribution < -0.4 is 0 Å². The van der Waals surface area contributed by atoms with Crippen molar-refractivity contribution in [1.29, 1.82) is 0 Å². The number of likely N-dealkylation sites (tertiary alicyclic amines) is 1. The summed E-state index contributed by atoms with van der Waals surface area (Å²) < 4.78 is 0. The van der Waals surface area contributed by atoms with Crippen molar-refractivity contribution in [2.45, 2.75) is 18.9 Å². The maximum Gasteiger partial charge on any atom is 0.254 e. The van der Waals surface area contributed by atoms with Gasteiger partial charge in [0.05, 0.1) is 29.8 Å². The van der Waals surface area contributed by atoms with Crippen molar-refractivity contribution in [2.75, 3.05) is 13.1 Å². The minimum absolute atomic E-state index is 0.0308. The van der Waals surface area contributed by atoms with Gasteiger partial charge in [-0.1, -0.05) is 25.1 Å². The predicted octanol–water partition coefficient (Wildman–Crippen LogP) is 1.83. The van der Waals surface area contributed by atoms with Gasteiger partial charge in [0.1, 0.15) is 0 Å². The Labute approximate surface area is 111 Å². The largest absolute Gasteiger partial charge is 0.386 e. The maximum absolute atomic E-state index is 12.4. The van der Waals surface area contributed by atoms with Gasteiger partial charge in [0.15, 0.2) is 0 Å². The van der Waals surface area contributed by atoms with Gasteiger partial charge in [0, 0.05) is 11.6 Å². The summed E-state index contributed by atoms with van der Waals surface area (Å²) in [6.45, 7) is 2.77. The second kappa shape index (κ2) is 4.31. The van der Waals surface area contributed by atoms with Crippen molar-refractivity contribution in [3.8, 4) is 0 Å². The van der Waals surface area contributed by atoms with Crippen LogP contribution in [0.3, 0.4) is 0 Å². The number of carbonyl (C=O) groups excluding carboxylic acids is 1. The molecule has 98 valence electrons. The number of β-amino-alcohol motifs (C(OH)–C–C–N with tert-alkyl or cyclic N) is 1. The zero-order chi connectivity index (χ0) is 13.5. The summed E-state index contributed by atoms with van der Waals surface area (Å²) in [6, 6.07) is 9.35. The van der Waals surface area contributed by atoms with Crippen LogP contribution in [0.4, 0.5) is 0 Å². The van der Waals surface area contributed by atoms with Gasteiger partial charge in [-0.3, -0.25) is 9.78 Å². The molecule has 1 aromatic carbocycles. The molecule has 0 aliphatic carbocycles. The summed E-state index contributed by atoms with van der Waals surface area (Å²) in [5, 5.41) is 10.9. The molecular weight excluding hydrogens is 240 g/mol. The van der Waals surface area contributed by atoms with Gasteiger partial charge in [-0.15, -0.1) is 0 Å². The smallest absolute Gasteiger partial charge is 0.254 e. The van der Waals surface area contributed by atoms with E-state index in [0.29, 0.717) is 25.1 Å². The monoisotopic (exact) mass is 256 g/mol. The highest BCUT2D eigenvalue weighted by Gasteiger charge is 2.42. The van der Waals surface area contributed by atoms with Crippen LogP contribution in [0, 0.1) is 0 Å². The topological polar surface area (TPSA) is 53.4 Å². The van der Waals surface area contributed by atoms with Crippen molar-refractivity contribution in [3.05, 3.63) is 42.1 Å². The molecule has 0 saturated carbocycles. The lowest BCUT2D eigenvalue weighted by Gasteiger charge is -2.46. The highest BCUT2D eigenvalue weighted by atomic mass is 16.3. The summed E-state index contributed by atoms with van der Waals surface area (Å²) in [5.41, 5.74) is 0.779. The quantitative estimate of drug-likeness (QED) is 0.892. The molecule has 1 aromatic heterocycles. The van der Waals surface area contributed by atoms with Gasteiger partial charge in [-0.25, -0.2) is 0 Å². The fraction of sp³-hybridized carbons (Fsp3) is 0.333. The van der Waals surface area contributed by atoms with Gasteiger partial charge in [-0.05, 0) is 18.6 Å². The highest BCUT2D eigenvalue weighted by Crippen LogP contribution is 2.27. The Hall–Kier alpha value is -1.94. The van der Waals surface area contributed by atoms with Crippen molar-refractivity contribution in [1.82, 2.24) is 9.88 Å². The zero-order valence-electron chi connectivity index (χ0n) is 10.8. The van der Waals surface area contributed by atoms with Crippen LogP contribution in [-0.4, -0.2) is 39.6 Å². The average Bonchev–Trinajstić information content (AvgIpc) is 2.42. The van der Waals surface area contributed by atoms with Crippen molar-refractivity contribution in [2.24, 2.45) is 0 Å². The number of rotatable bonds is 2. The minimum Gasteiger partial charge on any atom is -0.386 e. The SMILES string of the molecule is CCC1(O)CN(C(=O)c2ccnc3ccccc23)C1. The number of para-hydroxylation sites is 1. The third-order valence-electron chi connectivity index (χ3n) is 3.80. The van der Waals surface area contributed by atoms with E-state index in [9.17, 15) is 9.90 Å². The second-order valence-corrected chi connectivity index (χ2v) is 5.11. The van der Waals surface area contributed by atoms with E-state index >= 15 is 0 Å². The Balaban J connectivity index is 1.91. The highest BCUT2D eigenvalue weighted by molar-refractivity contribution is 6.06. The molecule has 0 spiro atoms. The number of benzene rings is 1. The molecule has 1 N–H and O–H groups in total. The molecule has 2 aromatic rings. The lowest BCUT2D eigenvalue weighted by Crippen LogP contribution is -2.63. The summed E-state index contributed by atoms with van der Waals surface area (Å²) >= 11 is 0. The number of hydrogen-bond donors (Lipinski definition) is 1. The molecule has 1 saturated heterocycles. The molecule has 0 radical (unpaired) electrons. The average molecular weight is 256 g/mol. The molecule has 1 aliphatic rings. The summed E-state index contributed by atoms with van der Waals surface area (Å²) in [4.78, 5) is 18.4. The van der Waals surface area contributed by atoms with Crippen LogP contribution in [-0.2, 0) is 0 Å². The van der Waals surface area contributed by atoms with Gasteiger partial charge in [-0.2, -0.15) is 0 Å². The van der Waals surface area contributed by atoms with Crippen LogP contribution in [0.2, 0.25) is 0 Å². The first kappa shape index (κ1) is 12.1. The Morgan fingerprint density at radius 1 is 1.37 bits per heavy atom. The van der Waals surface area contributed by atoms with Crippen molar-refractivity contribution < 1.29 is 9.90 Å². The molecule has 0 atom stereocenters. The molecule has 3 rings (SSSR count). The van der Waals surface area contributed by atoms with Crippen LogP contribution in [0.15, 0.2) is 36.5 Å². The third-order valence-corrected chi connectivity index (χ3v) is 3.80. The molecule has 2 heterocycles. The van der Waals surface area contributed by atoms with Crippen LogP contribution in [0.5, 0.6) is 0 Å². The maximum atomic E-state index is 12.4. The summed E-state index contributed by atoms with van der Waals surface area (Å²) in [7, 11) is 0. The third kappa shape index (κ3) is 1.98. The number of aliphatic hydroxyl groups is 1. The van der Waals surface area contributed by atoms with Crippen molar-refractivity contribution >= 4 is 16.8 Å². The Kier molecular flexibility index (Phi) is 2.75. The van der Waals surface area contributed by atoms with Gasteiger partial charge >= 0.3 is 0 Å². The Morgan fingerprint density at radius 3 is 2.84 bits per heavy atom. The first-order chi connectivity index (χ1) is 9.13. The predicted molar refractivity (Wildman–Crippen MR) is 72.9 cm³/mol. The Morgan fingerprint density at radius 2 is 2.11 bits per heavy atom. The normalized spacial score (nSPS) is 17.3. The fourth-order valence-electron chi connectivity index (χ4n) is 2.48.